The van der Waals surface area contributed by atoms with Crippen molar-refractivity contribution in [2.45, 2.75) is 31.4 Å². The molecule has 0 spiro atoms. The topological polar surface area (TPSA) is 37.8 Å². The van der Waals surface area contributed by atoms with Crippen LogP contribution in [0.3, 0.4) is 0 Å². The number of nitrogens with one attached hydrogen (secondary N) is 1. The first-order valence-corrected chi connectivity index (χ1v) is 7.48. The fourth-order valence-electron chi connectivity index (χ4n) is 2.39. The Labute approximate surface area is 128 Å². The standard InChI is InChI=1S/C14H13F4N3S/c1-8-20-12(22-21-8)19-7-13(2-3-13)9-4-10(14(16,17)18)6-11(15)5-9/h4-6H,2-3,7H2,1H3,(H,19,20,21). The van der Waals surface area contributed by atoms with E-state index in [-0.39, 0.29) is 0 Å². The van der Waals surface area contributed by atoms with Crippen LogP contribution >= 0.6 is 11.5 Å². The first kappa shape index (κ1) is 15.2. The molecule has 118 valence electrons. The van der Waals surface area contributed by atoms with Gasteiger partial charge in [0.2, 0.25) is 5.13 Å². The van der Waals surface area contributed by atoms with E-state index in [2.05, 4.69) is 14.7 Å². The minimum absolute atomic E-state index is 0.383. The highest BCUT2D eigenvalue weighted by molar-refractivity contribution is 7.09. The molecule has 0 saturated heterocycles. The molecule has 0 aliphatic heterocycles. The van der Waals surface area contributed by atoms with Gasteiger partial charge in [-0.2, -0.15) is 17.5 Å². The van der Waals surface area contributed by atoms with Crippen molar-refractivity contribution >= 4 is 16.7 Å². The normalized spacial score (nSPS) is 16.6. The van der Waals surface area contributed by atoms with Gasteiger partial charge < -0.3 is 5.32 Å². The second-order valence-electron chi connectivity index (χ2n) is 5.51. The summed E-state index contributed by atoms with van der Waals surface area (Å²) < 4.78 is 56.0. The van der Waals surface area contributed by atoms with Crippen molar-refractivity contribution in [3.05, 3.63) is 41.0 Å². The van der Waals surface area contributed by atoms with E-state index in [0.717, 1.165) is 18.9 Å². The van der Waals surface area contributed by atoms with Gasteiger partial charge in [-0.05, 0) is 43.5 Å². The summed E-state index contributed by atoms with van der Waals surface area (Å²) in [6.07, 6.45) is -3.10. The Kier molecular flexibility index (Phi) is 3.58. The van der Waals surface area contributed by atoms with Gasteiger partial charge in [0.1, 0.15) is 11.6 Å². The molecule has 1 heterocycles. The summed E-state index contributed by atoms with van der Waals surface area (Å²) in [7, 11) is 0. The Morgan fingerprint density at radius 2 is 2.00 bits per heavy atom. The average Bonchev–Trinajstić information content (AvgIpc) is 3.11. The predicted molar refractivity (Wildman–Crippen MR) is 75.4 cm³/mol. The molecular formula is C14H13F4N3S. The minimum atomic E-state index is -4.54. The molecule has 3 rings (SSSR count). The molecular weight excluding hydrogens is 318 g/mol. The van der Waals surface area contributed by atoms with E-state index in [1.54, 1.807) is 6.92 Å². The molecule has 22 heavy (non-hydrogen) atoms. The third kappa shape index (κ3) is 3.06. The minimum Gasteiger partial charge on any atom is -0.359 e. The van der Waals surface area contributed by atoms with E-state index in [9.17, 15) is 17.6 Å². The zero-order valence-corrected chi connectivity index (χ0v) is 12.5. The lowest BCUT2D eigenvalue weighted by atomic mass is 9.94. The van der Waals surface area contributed by atoms with Gasteiger partial charge in [-0.15, -0.1) is 0 Å². The summed E-state index contributed by atoms with van der Waals surface area (Å²) in [5.74, 6) is -0.217. The first-order chi connectivity index (χ1) is 10.3. The van der Waals surface area contributed by atoms with Crippen molar-refractivity contribution < 1.29 is 17.6 Å². The maximum Gasteiger partial charge on any atom is 0.416 e. The highest BCUT2D eigenvalue weighted by Crippen LogP contribution is 2.49. The molecule has 1 saturated carbocycles. The third-order valence-electron chi connectivity index (χ3n) is 3.80. The Morgan fingerprint density at radius 1 is 1.27 bits per heavy atom. The predicted octanol–water partition coefficient (Wildman–Crippen LogP) is 4.15. The van der Waals surface area contributed by atoms with E-state index in [1.807, 2.05) is 0 Å². The number of nitrogens with zero attached hydrogens (tertiary/aromatic N) is 2. The largest absolute Gasteiger partial charge is 0.416 e. The Morgan fingerprint density at radius 3 is 2.55 bits per heavy atom. The van der Waals surface area contributed by atoms with E-state index in [1.165, 1.54) is 17.6 Å². The molecule has 1 aliphatic rings. The van der Waals surface area contributed by atoms with Crippen molar-refractivity contribution in [1.82, 2.24) is 9.36 Å². The van der Waals surface area contributed by atoms with Crippen LogP contribution in [0, 0.1) is 12.7 Å². The quantitative estimate of drug-likeness (QED) is 0.856. The lowest BCUT2D eigenvalue weighted by Crippen LogP contribution is -2.20. The lowest BCUT2D eigenvalue weighted by Gasteiger charge is -2.18. The van der Waals surface area contributed by atoms with Crippen LogP contribution in [0.25, 0.3) is 0 Å². The first-order valence-electron chi connectivity index (χ1n) is 6.71. The van der Waals surface area contributed by atoms with Gasteiger partial charge in [-0.25, -0.2) is 9.37 Å². The number of aryl methyl sites for hydroxylation is 1. The van der Waals surface area contributed by atoms with Gasteiger partial charge in [0, 0.05) is 23.5 Å². The van der Waals surface area contributed by atoms with Gasteiger partial charge in [0.25, 0.3) is 0 Å². The van der Waals surface area contributed by atoms with Crippen LogP contribution in [-0.2, 0) is 11.6 Å². The Hall–Kier alpha value is -1.70. The van der Waals surface area contributed by atoms with Gasteiger partial charge >= 0.3 is 6.18 Å². The van der Waals surface area contributed by atoms with E-state index in [4.69, 9.17) is 0 Å². The molecule has 0 unspecified atom stereocenters. The number of benzene rings is 1. The molecule has 2 aromatic rings. The molecule has 1 N–H and O–H groups in total. The number of hydrogen-bond acceptors (Lipinski definition) is 4. The zero-order valence-electron chi connectivity index (χ0n) is 11.7. The van der Waals surface area contributed by atoms with Gasteiger partial charge in [-0.1, -0.05) is 0 Å². The van der Waals surface area contributed by atoms with Crippen LogP contribution in [0.15, 0.2) is 18.2 Å². The number of hydrogen-bond donors (Lipinski definition) is 1. The summed E-state index contributed by atoms with van der Waals surface area (Å²) in [4.78, 5) is 4.15. The fourth-order valence-corrected chi connectivity index (χ4v) is 2.96. The molecule has 0 amide bonds. The van der Waals surface area contributed by atoms with E-state index < -0.39 is 23.0 Å². The molecule has 0 bridgehead atoms. The van der Waals surface area contributed by atoms with Crippen LogP contribution in [-0.4, -0.2) is 15.9 Å². The van der Waals surface area contributed by atoms with Gasteiger partial charge in [-0.3, -0.25) is 0 Å². The molecule has 8 heteroatoms. The third-order valence-corrected chi connectivity index (χ3v) is 4.56. The molecule has 1 aliphatic carbocycles. The van der Waals surface area contributed by atoms with Crippen LogP contribution in [0.2, 0.25) is 0 Å². The van der Waals surface area contributed by atoms with Crippen molar-refractivity contribution in [2.75, 3.05) is 11.9 Å². The highest BCUT2D eigenvalue weighted by Gasteiger charge is 2.45. The molecule has 0 atom stereocenters. The summed E-state index contributed by atoms with van der Waals surface area (Å²) in [5, 5.41) is 3.71. The van der Waals surface area contributed by atoms with Crippen LogP contribution < -0.4 is 5.32 Å². The van der Waals surface area contributed by atoms with E-state index in [0.29, 0.717) is 29.1 Å². The SMILES string of the molecule is Cc1nsc(NCC2(c3cc(F)cc(C(F)(F)F)c3)CC2)n1. The molecule has 3 nitrogen and oxygen atoms in total. The summed E-state index contributed by atoms with van der Waals surface area (Å²) >= 11 is 1.20. The second kappa shape index (κ2) is 5.19. The molecule has 1 aromatic heterocycles. The van der Waals surface area contributed by atoms with Crippen LogP contribution in [0.5, 0.6) is 0 Å². The lowest BCUT2D eigenvalue weighted by molar-refractivity contribution is -0.137. The summed E-state index contributed by atoms with van der Waals surface area (Å²) in [6, 6.07) is 2.76. The Bertz CT molecular complexity index is 692. The van der Waals surface area contributed by atoms with Crippen LogP contribution in [0.4, 0.5) is 22.7 Å². The smallest absolute Gasteiger partial charge is 0.359 e. The monoisotopic (exact) mass is 331 g/mol. The Balaban J connectivity index is 1.82. The van der Waals surface area contributed by atoms with Gasteiger partial charge in [0.05, 0.1) is 5.56 Å². The summed E-state index contributed by atoms with van der Waals surface area (Å²) in [5.41, 5.74) is -1.02. The average molecular weight is 331 g/mol. The second-order valence-corrected chi connectivity index (χ2v) is 6.26. The van der Waals surface area contributed by atoms with Crippen molar-refractivity contribution in [3.8, 4) is 0 Å². The number of rotatable bonds is 4. The zero-order chi connectivity index (χ0) is 16.0. The highest BCUT2D eigenvalue weighted by atomic mass is 32.1. The fraction of sp³-hybridized carbons (Fsp3) is 0.429. The number of aromatic nitrogens is 2. The van der Waals surface area contributed by atoms with Crippen molar-refractivity contribution in [2.24, 2.45) is 0 Å². The number of halogens is 4. The van der Waals surface area contributed by atoms with Crippen LogP contribution in [0.1, 0.15) is 29.8 Å². The molecule has 1 aromatic carbocycles. The number of anilines is 1. The van der Waals surface area contributed by atoms with E-state index >= 15 is 0 Å². The van der Waals surface area contributed by atoms with Crippen molar-refractivity contribution in [3.63, 3.8) is 0 Å². The van der Waals surface area contributed by atoms with Gasteiger partial charge in [0.15, 0.2) is 0 Å². The number of alkyl halides is 3. The van der Waals surface area contributed by atoms with Crippen molar-refractivity contribution in [1.29, 1.82) is 0 Å². The maximum atomic E-state index is 13.5. The maximum absolute atomic E-state index is 13.5. The molecule has 0 radical (unpaired) electrons. The summed E-state index contributed by atoms with van der Waals surface area (Å²) in [6.45, 7) is 2.18. The molecule has 1 fully saturated rings.